The Morgan fingerprint density at radius 3 is 2.67 bits per heavy atom. The summed E-state index contributed by atoms with van der Waals surface area (Å²) >= 11 is 0. The molecule has 1 N–H and O–H groups in total. The molecule has 0 unspecified atom stereocenters. The zero-order chi connectivity index (χ0) is 22.2. The van der Waals surface area contributed by atoms with Gasteiger partial charge in [-0.15, -0.1) is 10.2 Å². The van der Waals surface area contributed by atoms with E-state index in [1.54, 1.807) is 0 Å². The van der Waals surface area contributed by atoms with Crippen LogP contribution in [-0.4, -0.2) is 25.7 Å². The first kappa shape index (κ1) is 19.9. The summed E-state index contributed by atoms with van der Waals surface area (Å²) in [6.45, 7) is 0.931. The standard InChI is InChI=1S/C26H25N5O2/c32-25(22-23(17-13-14-17)33-26(28-22)18-8-3-1-4-9-18)27-20-11-7-10-19(16-20)24-30-29-21-12-5-2-6-15-31(21)24/h1,3-4,7-11,16-17H,2,5-6,12-15H2,(H,27,32). The number of anilines is 1. The molecule has 0 atom stereocenters. The zero-order valence-corrected chi connectivity index (χ0v) is 18.3. The summed E-state index contributed by atoms with van der Waals surface area (Å²) in [5.74, 6) is 3.10. The highest BCUT2D eigenvalue weighted by Gasteiger charge is 2.34. The van der Waals surface area contributed by atoms with Gasteiger partial charge in [0.2, 0.25) is 5.89 Å². The Morgan fingerprint density at radius 1 is 0.970 bits per heavy atom. The maximum absolute atomic E-state index is 13.2. The van der Waals surface area contributed by atoms with Crippen LogP contribution in [0.5, 0.6) is 0 Å². The second-order valence-corrected chi connectivity index (χ2v) is 8.81. The topological polar surface area (TPSA) is 85.8 Å². The van der Waals surface area contributed by atoms with Gasteiger partial charge in [0, 0.05) is 35.7 Å². The molecule has 7 nitrogen and oxygen atoms in total. The maximum Gasteiger partial charge on any atom is 0.277 e. The van der Waals surface area contributed by atoms with Crippen LogP contribution < -0.4 is 5.32 Å². The smallest absolute Gasteiger partial charge is 0.277 e. The van der Waals surface area contributed by atoms with Crippen molar-refractivity contribution in [3.05, 3.63) is 71.9 Å². The number of aromatic nitrogens is 4. The van der Waals surface area contributed by atoms with Crippen LogP contribution in [0.1, 0.15) is 60.1 Å². The lowest BCUT2D eigenvalue weighted by Crippen LogP contribution is -2.14. The Kier molecular flexibility index (Phi) is 5.02. The Bertz CT molecular complexity index is 1300. The fourth-order valence-electron chi connectivity index (χ4n) is 4.45. The van der Waals surface area contributed by atoms with E-state index < -0.39 is 0 Å². The van der Waals surface area contributed by atoms with Crippen LogP contribution in [0.25, 0.3) is 22.8 Å². The molecule has 6 rings (SSSR count). The number of hydrogen-bond acceptors (Lipinski definition) is 5. The van der Waals surface area contributed by atoms with Crippen molar-refractivity contribution in [2.75, 3.05) is 5.32 Å². The molecule has 0 bridgehead atoms. The van der Waals surface area contributed by atoms with Gasteiger partial charge in [0.1, 0.15) is 11.6 Å². The fraction of sp³-hybridized carbons (Fsp3) is 0.308. The molecule has 2 aromatic carbocycles. The lowest BCUT2D eigenvalue weighted by molar-refractivity contribution is 0.102. The molecule has 4 aromatic rings. The molecule has 0 saturated heterocycles. The van der Waals surface area contributed by atoms with Crippen molar-refractivity contribution in [2.45, 2.75) is 51.0 Å². The summed E-state index contributed by atoms with van der Waals surface area (Å²) in [7, 11) is 0. The number of amides is 1. The van der Waals surface area contributed by atoms with Gasteiger partial charge in [0.05, 0.1) is 0 Å². The van der Waals surface area contributed by atoms with E-state index in [1.807, 2.05) is 54.6 Å². The van der Waals surface area contributed by atoms with E-state index in [0.29, 0.717) is 23.0 Å². The first-order valence-corrected chi connectivity index (χ1v) is 11.7. The van der Waals surface area contributed by atoms with Crippen LogP contribution >= 0.6 is 0 Å². The lowest BCUT2D eigenvalue weighted by atomic mass is 10.1. The third-order valence-corrected chi connectivity index (χ3v) is 6.33. The molecule has 0 spiro atoms. The normalized spacial score (nSPS) is 15.6. The molecule has 1 aliphatic heterocycles. The summed E-state index contributed by atoms with van der Waals surface area (Å²) in [6.07, 6.45) is 6.51. The second-order valence-electron chi connectivity index (χ2n) is 8.81. The Morgan fingerprint density at radius 2 is 1.82 bits per heavy atom. The van der Waals surface area contributed by atoms with Gasteiger partial charge in [0.15, 0.2) is 11.5 Å². The van der Waals surface area contributed by atoms with E-state index in [2.05, 4.69) is 25.1 Å². The van der Waals surface area contributed by atoms with Crippen LogP contribution in [0.2, 0.25) is 0 Å². The number of fused-ring (bicyclic) bond motifs is 1. The van der Waals surface area contributed by atoms with Crippen molar-refractivity contribution in [1.82, 2.24) is 19.7 Å². The minimum atomic E-state index is -0.250. The number of carbonyl (C=O) groups is 1. The Hall–Kier alpha value is -3.74. The number of hydrogen-bond donors (Lipinski definition) is 1. The number of nitrogens with zero attached hydrogens (tertiary/aromatic N) is 4. The summed E-state index contributed by atoms with van der Waals surface area (Å²) in [5, 5.41) is 11.9. The molecular weight excluding hydrogens is 414 g/mol. The van der Waals surface area contributed by atoms with E-state index in [0.717, 1.165) is 61.4 Å². The molecule has 1 fully saturated rings. The average Bonchev–Trinajstić information content (AvgIpc) is 3.54. The Labute approximate surface area is 191 Å². The molecule has 7 heteroatoms. The monoisotopic (exact) mass is 439 g/mol. The van der Waals surface area contributed by atoms with Gasteiger partial charge in [-0.2, -0.15) is 0 Å². The van der Waals surface area contributed by atoms with Crippen molar-refractivity contribution < 1.29 is 9.21 Å². The van der Waals surface area contributed by atoms with Crippen molar-refractivity contribution in [2.24, 2.45) is 0 Å². The first-order valence-electron chi connectivity index (χ1n) is 11.7. The SMILES string of the molecule is O=C(Nc1cccc(-c2nnc3n2CCCCC3)c1)c1nc(-c2ccccc2)oc1C1CC1. The molecule has 1 amide bonds. The minimum absolute atomic E-state index is 0.250. The molecule has 0 radical (unpaired) electrons. The number of benzene rings is 2. The Balaban J connectivity index is 1.28. The van der Waals surface area contributed by atoms with Gasteiger partial charge in [-0.1, -0.05) is 36.8 Å². The van der Waals surface area contributed by atoms with Crippen LogP contribution in [-0.2, 0) is 13.0 Å². The summed E-state index contributed by atoms with van der Waals surface area (Å²) < 4.78 is 8.26. The molecule has 1 saturated carbocycles. The van der Waals surface area contributed by atoms with Gasteiger partial charge in [-0.25, -0.2) is 4.98 Å². The quantitative estimate of drug-likeness (QED) is 0.446. The van der Waals surface area contributed by atoms with Crippen LogP contribution in [0.4, 0.5) is 5.69 Å². The lowest BCUT2D eigenvalue weighted by Gasteiger charge is -2.09. The molecule has 2 aliphatic rings. The van der Waals surface area contributed by atoms with Crippen molar-refractivity contribution in [3.8, 4) is 22.8 Å². The van der Waals surface area contributed by atoms with E-state index in [-0.39, 0.29) is 11.8 Å². The first-order chi connectivity index (χ1) is 16.3. The number of carbonyl (C=O) groups excluding carboxylic acids is 1. The highest BCUT2D eigenvalue weighted by atomic mass is 16.4. The fourth-order valence-corrected chi connectivity index (χ4v) is 4.45. The van der Waals surface area contributed by atoms with Crippen LogP contribution in [0.15, 0.2) is 59.0 Å². The van der Waals surface area contributed by atoms with Gasteiger partial charge < -0.3 is 14.3 Å². The largest absolute Gasteiger partial charge is 0.440 e. The van der Waals surface area contributed by atoms with Crippen molar-refractivity contribution in [3.63, 3.8) is 0 Å². The van der Waals surface area contributed by atoms with Gasteiger partial charge >= 0.3 is 0 Å². The molecule has 2 aromatic heterocycles. The second kappa shape index (κ2) is 8.31. The van der Waals surface area contributed by atoms with Crippen molar-refractivity contribution >= 4 is 11.6 Å². The van der Waals surface area contributed by atoms with E-state index in [1.165, 1.54) is 6.42 Å². The van der Waals surface area contributed by atoms with Crippen LogP contribution in [0, 0.1) is 0 Å². The predicted octanol–water partition coefficient (Wildman–Crippen LogP) is 5.46. The maximum atomic E-state index is 13.2. The van der Waals surface area contributed by atoms with E-state index in [4.69, 9.17) is 4.42 Å². The molecular formula is C26H25N5O2. The van der Waals surface area contributed by atoms with Crippen LogP contribution in [0.3, 0.4) is 0 Å². The number of nitrogens with one attached hydrogen (secondary N) is 1. The van der Waals surface area contributed by atoms with Gasteiger partial charge in [0.25, 0.3) is 5.91 Å². The molecule has 3 heterocycles. The predicted molar refractivity (Wildman–Crippen MR) is 125 cm³/mol. The van der Waals surface area contributed by atoms with E-state index in [9.17, 15) is 4.79 Å². The molecule has 1 aliphatic carbocycles. The number of oxazole rings is 1. The van der Waals surface area contributed by atoms with Crippen molar-refractivity contribution in [1.29, 1.82) is 0 Å². The highest BCUT2D eigenvalue weighted by molar-refractivity contribution is 6.04. The summed E-state index contributed by atoms with van der Waals surface area (Å²) in [6, 6.07) is 17.5. The number of rotatable bonds is 5. The van der Waals surface area contributed by atoms with Gasteiger partial charge in [-0.3, -0.25) is 4.79 Å². The highest BCUT2D eigenvalue weighted by Crippen LogP contribution is 2.43. The third kappa shape index (κ3) is 3.95. The number of aryl methyl sites for hydroxylation is 1. The van der Waals surface area contributed by atoms with E-state index >= 15 is 0 Å². The summed E-state index contributed by atoms with van der Waals surface area (Å²) in [4.78, 5) is 17.8. The van der Waals surface area contributed by atoms with Gasteiger partial charge in [-0.05, 0) is 49.9 Å². The summed E-state index contributed by atoms with van der Waals surface area (Å²) in [5.41, 5.74) is 2.89. The minimum Gasteiger partial charge on any atom is -0.440 e. The molecule has 166 valence electrons. The zero-order valence-electron chi connectivity index (χ0n) is 18.3. The average molecular weight is 440 g/mol. The third-order valence-electron chi connectivity index (χ3n) is 6.33. The molecule has 33 heavy (non-hydrogen) atoms.